The van der Waals surface area contributed by atoms with Crippen LogP contribution in [0.15, 0.2) is 0 Å². The minimum Gasteiger partial charge on any atom is -0.396 e. The smallest absolute Gasteiger partial charge is 0.0499 e. The number of hydrogen-bond acceptors (Lipinski definition) is 3. The Morgan fingerprint density at radius 3 is 2.53 bits per heavy atom. The third-order valence-corrected chi connectivity index (χ3v) is 4.56. The van der Waals surface area contributed by atoms with Crippen molar-refractivity contribution in [3.8, 4) is 0 Å². The Bertz CT molecular complexity index is 222. The van der Waals surface area contributed by atoms with E-state index in [4.69, 9.17) is 0 Å². The highest BCUT2D eigenvalue weighted by Gasteiger charge is 2.31. The van der Waals surface area contributed by atoms with Crippen LogP contribution in [0.4, 0.5) is 0 Å². The average molecular weight is 240 g/mol. The number of aliphatic hydroxyl groups is 1. The van der Waals surface area contributed by atoms with Crippen LogP contribution in [0.3, 0.4) is 0 Å². The molecule has 3 nitrogen and oxygen atoms in total. The monoisotopic (exact) mass is 240 g/mol. The zero-order valence-corrected chi connectivity index (χ0v) is 11.2. The molecule has 0 aromatic heterocycles. The van der Waals surface area contributed by atoms with Gasteiger partial charge in [-0.25, -0.2) is 0 Å². The largest absolute Gasteiger partial charge is 0.396 e. The molecule has 0 radical (unpaired) electrons. The van der Waals surface area contributed by atoms with Crippen molar-refractivity contribution in [2.45, 2.75) is 51.0 Å². The van der Waals surface area contributed by atoms with E-state index in [1.165, 1.54) is 44.9 Å². The van der Waals surface area contributed by atoms with Crippen molar-refractivity contribution in [1.82, 2.24) is 10.2 Å². The molecule has 100 valence electrons. The lowest BCUT2D eigenvalue weighted by Crippen LogP contribution is -2.41. The average Bonchev–Trinajstić information content (AvgIpc) is 3.20. The van der Waals surface area contributed by atoms with Gasteiger partial charge in [0.15, 0.2) is 0 Å². The fraction of sp³-hybridized carbons (Fsp3) is 1.00. The van der Waals surface area contributed by atoms with Gasteiger partial charge in [-0.05, 0) is 32.7 Å². The molecule has 17 heavy (non-hydrogen) atoms. The number of likely N-dealkylation sites (N-methyl/N-ethyl adjacent to an activating group) is 1. The summed E-state index contributed by atoms with van der Waals surface area (Å²) in [5, 5.41) is 13.2. The SMILES string of the molecule is CN(CCNCC1(CO)CCCCC1)C1CC1. The molecule has 0 unspecified atom stereocenters. The Labute approximate surface area is 106 Å². The highest BCUT2D eigenvalue weighted by atomic mass is 16.3. The van der Waals surface area contributed by atoms with Gasteiger partial charge in [0, 0.05) is 37.7 Å². The quantitative estimate of drug-likeness (QED) is 0.664. The second-order valence-electron chi connectivity index (χ2n) is 6.11. The Morgan fingerprint density at radius 2 is 1.94 bits per heavy atom. The maximum Gasteiger partial charge on any atom is 0.0499 e. The summed E-state index contributed by atoms with van der Waals surface area (Å²) in [5.74, 6) is 0. The van der Waals surface area contributed by atoms with E-state index in [0.29, 0.717) is 6.61 Å². The fourth-order valence-electron chi connectivity index (χ4n) is 3.00. The van der Waals surface area contributed by atoms with Crippen LogP contribution in [0.5, 0.6) is 0 Å². The van der Waals surface area contributed by atoms with E-state index in [-0.39, 0.29) is 5.41 Å². The first-order chi connectivity index (χ1) is 8.26. The summed E-state index contributed by atoms with van der Waals surface area (Å²) >= 11 is 0. The molecule has 3 heteroatoms. The van der Waals surface area contributed by atoms with E-state index < -0.39 is 0 Å². The first-order valence-corrected chi connectivity index (χ1v) is 7.28. The van der Waals surface area contributed by atoms with Crippen LogP contribution in [-0.4, -0.2) is 49.3 Å². The molecule has 0 heterocycles. The number of nitrogens with zero attached hydrogens (tertiary/aromatic N) is 1. The normalized spacial score (nSPS) is 24.2. The summed E-state index contributed by atoms with van der Waals surface area (Å²) < 4.78 is 0. The molecule has 0 atom stereocenters. The maximum atomic E-state index is 9.60. The molecule has 0 saturated heterocycles. The highest BCUT2D eigenvalue weighted by molar-refractivity contribution is 4.85. The molecule has 2 N–H and O–H groups in total. The topological polar surface area (TPSA) is 35.5 Å². The summed E-state index contributed by atoms with van der Waals surface area (Å²) in [7, 11) is 2.22. The van der Waals surface area contributed by atoms with Crippen LogP contribution in [0.25, 0.3) is 0 Å². The molecule has 2 fully saturated rings. The van der Waals surface area contributed by atoms with E-state index in [1.54, 1.807) is 0 Å². The fourth-order valence-corrected chi connectivity index (χ4v) is 3.00. The van der Waals surface area contributed by atoms with Gasteiger partial charge in [0.05, 0.1) is 0 Å². The van der Waals surface area contributed by atoms with Crippen molar-refractivity contribution < 1.29 is 5.11 Å². The summed E-state index contributed by atoms with van der Waals surface area (Å²) in [6.45, 7) is 3.57. The van der Waals surface area contributed by atoms with Gasteiger partial charge in [0.1, 0.15) is 0 Å². The van der Waals surface area contributed by atoms with Gasteiger partial charge in [0.25, 0.3) is 0 Å². The van der Waals surface area contributed by atoms with Crippen molar-refractivity contribution in [3.05, 3.63) is 0 Å². The van der Waals surface area contributed by atoms with E-state index >= 15 is 0 Å². The molecule has 0 aliphatic heterocycles. The standard InChI is InChI=1S/C14H28N2O/c1-16(13-5-6-13)10-9-15-11-14(12-17)7-3-2-4-8-14/h13,15,17H,2-12H2,1H3. The van der Waals surface area contributed by atoms with Crippen LogP contribution in [0, 0.1) is 5.41 Å². The van der Waals surface area contributed by atoms with Crippen LogP contribution in [0.2, 0.25) is 0 Å². The Kier molecular flexibility index (Phi) is 4.83. The molecule has 0 spiro atoms. The number of aliphatic hydroxyl groups excluding tert-OH is 1. The second kappa shape index (κ2) is 6.17. The Balaban J connectivity index is 1.61. The van der Waals surface area contributed by atoms with Crippen molar-refractivity contribution >= 4 is 0 Å². The molecule has 2 rings (SSSR count). The molecule has 2 aliphatic carbocycles. The molecular weight excluding hydrogens is 212 g/mol. The number of rotatable bonds is 7. The van der Waals surface area contributed by atoms with Crippen molar-refractivity contribution in [3.63, 3.8) is 0 Å². The van der Waals surface area contributed by atoms with Gasteiger partial charge in [-0.15, -0.1) is 0 Å². The van der Waals surface area contributed by atoms with Crippen molar-refractivity contribution in [2.75, 3.05) is 33.3 Å². The molecule has 2 aliphatic rings. The molecule has 0 amide bonds. The van der Waals surface area contributed by atoms with E-state index in [9.17, 15) is 5.11 Å². The van der Waals surface area contributed by atoms with Gasteiger partial charge >= 0.3 is 0 Å². The predicted molar refractivity (Wildman–Crippen MR) is 71.1 cm³/mol. The summed E-state index contributed by atoms with van der Waals surface area (Å²) in [4.78, 5) is 2.46. The van der Waals surface area contributed by atoms with Gasteiger partial charge in [-0.3, -0.25) is 0 Å². The second-order valence-corrected chi connectivity index (χ2v) is 6.11. The minimum atomic E-state index is 0.191. The zero-order chi connectivity index (χ0) is 12.1. The maximum absolute atomic E-state index is 9.60. The molecular formula is C14H28N2O. The zero-order valence-electron chi connectivity index (χ0n) is 11.2. The summed E-state index contributed by atoms with van der Waals surface area (Å²) in [6.07, 6.45) is 9.12. The van der Waals surface area contributed by atoms with E-state index in [1.807, 2.05) is 0 Å². The predicted octanol–water partition coefficient (Wildman–Crippen LogP) is 1.61. The number of nitrogens with one attached hydrogen (secondary N) is 1. The van der Waals surface area contributed by atoms with E-state index in [2.05, 4.69) is 17.3 Å². The molecule has 0 aromatic carbocycles. The molecule has 0 aromatic rings. The molecule has 2 saturated carbocycles. The highest BCUT2D eigenvalue weighted by Crippen LogP contribution is 2.35. The third-order valence-electron chi connectivity index (χ3n) is 4.56. The Hall–Kier alpha value is -0.120. The summed E-state index contributed by atoms with van der Waals surface area (Å²) in [5.41, 5.74) is 0.191. The van der Waals surface area contributed by atoms with Crippen LogP contribution in [0.1, 0.15) is 44.9 Å². The first-order valence-electron chi connectivity index (χ1n) is 7.28. The van der Waals surface area contributed by atoms with Crippen molar-refractivity contribution in [2.24, 2.45) is 5.41 Å². The van der Waals surface area contributed by atoms with Crippen LogP contribution >= 0.6 is 0 Å². The third kappa shape index (κ3) is 3.94. The van der Waals surface area contributed by atoms with E-state index in [0.717, 1.165) is 25.7 Å². The van der Waals surface area contributed by atoms with Crippen LogP contribution < -0.4 is 5.32 Å². The van der Waals surface area contributed by atoms with Crippen LogP contribution in [-0.2, 0) is 0 Å². The lowest BCUT2D eigenvalue weighted by Gasteiger charge is -2.36. The lowest BCUT2D eigenvalue weighted by atomic mass is 9.74. The van der Waals surface area contributed by atoms with Gasteiger partial charge < -0.3 is 15.3 Å². The molecule has 0 bridgehead atoms. The van der Waals surface area contributed by atoms with Gasteiger partial charge in [-0.2, -0.15) is 0 Å². The minimum absolute atomic E-state index is 0.191. The lowest BCUT2D eigenvalue weighted by molar-refractivity contribution is 0.0808. The van der Waals surface area contributed by atoms with Crippen molar-refractivity contribution in [1.29, 1.82) is 0 Å². The summed E-state index contributed by atoms with van der Waals surface area (Å²) in [6, 6.07) is 0.860. The van der Waals surface area contributed by atoms with Gasteiger partial charge in [-0.1, -0.05) is 19.3 Å². The first kappa shape index (κ1) is 13.3. The number of hydrogen-bond donors (Lipinski definition) is 2. The van der Waals surface area contributed by atoms with Gasteiger partial charge in [0.2, 0.25) is 0 Å². The Morgan fingerprint density at radius 1 is 1.24 bits per heavy atom.